The van der Waals surface area contributed by atoms with E-state index < -0.39 is 0 Å². The number of rotatable bonds is 2. The van der Waals surface area contributed by atoms with Gasteiger partial charge < -0.3 is 10.1 Å². The summed E-state index contributed by atoms with van der Waals surface area (Å²) < 4.78 is 6.87. The lowest BCUT2D eigenvalue weighted by molar-refractivity contribution is -0.145. The molecule has 0 bridgehead atoms. The molecular formula is C12H13Br2NO2. The molecule has 2 atom stereocenters. The molecule has 2 rings (SSSR count). The van der Waals surface area contributed by atoms with Crippen LogP contribution in [0.25, 0.3) is 0 Å². The van der Waals surface area contributed by atoms with Crippen molar-refractivity contribution < 1.29 is 9.53 Å². The molecule has 0 radical (unpaired) electrons. The van der Waals surface area contributed by atoms with E-state index in [1.807, 2.05) is 6.07 Å². The molecule has 1 saturated heterocycles. The largest absolute Gasteiger partial charge is 0.469 e. The van der Waals surface area contributed by atoms with Crippen molar-refractivity contribution in [2.75, 3.05) is 20.2 Å². The predicted molar refractivity (Wildman–Crippen MR) is 73.0 cm³/mol. The molecule has 3 nitrogen and oxygen atoms in total. The molecule has 0 spiro atoms. The van der Waals surface area contributed by atoms with Crippen molar-refractivity contribution in [2.45, 2.75) is 5.92 Å². The van der Waals surface area contributed by atoms with E-state index in [0.717, 1.165) is 21.1 Å². The SMILES string of the molecule is COC(=O)[C@@H]1CNC[C@H]1c1cc(Br)cc(Br)c1. The van der Waals surface area contributed by atoms with Crippen molar-refractivity contribution >= 4 is 37.8 Å². The van der Waals surface area contributed by atoms with Crippen molar-refractivity contribution in [3.63, 3.8) is 0 Å². The molecule has 1 aromatic rings. The first kappa shape index (κ1) is 13.1. The van der Waals surface area contributed by atoms with Gasteiger partial charge in [-0.3, -0.25) is 4.79 Å². The van der Waals surface area contributed by atoms with Crippen LogP contribution in [0.1, 0.15) is 11.5 Å². The topological polar surface area (TPSA) is 38.3 Å². The van der Waals surface area contributed by atoms with E-state index in [9.17, 15) is 4.79 Å². The van der Waals surface area contributed by atoms with Gasteiger partial charge in [0, 0.05) is 28.0 Å². The maximum atomic E-state index is 11.7. The number of methoxy groups -OCH3 is 1. The van der Waals surface area contributed by atoms with Crippen LogP contribution in [-0.4, -0.2) is 26.2 Å². The zero-order valence-electron chi connectivity index (χ0n) is 9.37. The lowest BCUT2D eigenvalue weighted by atomic mass is 9.89. The fourth-order valence-electron chi connectivity index (χ4n) is 2.22. The van der Waals surface area contributed by atoms with Gasteiger partial charge >= 0.3 is 5.97 Å². The van der Waals surface area contributed by atoms with Crippen LogP contribution in [-0.2, 0) is 9.53 Å². The molecule has 0 aromatic heterocycles. The van der Waals surface area contributed by atoms with Crippen LogP contribution in [0, 0.1) is 5.92 Å². The van der Waals surface area contributed by atoms with Crippen LogP contribution < -0.4 is 5.32 Å². The zero-order chi connectivity index (χ0) is 12.4. The van der Waals surface area contributed by atoms with Gasteiger partial charge in [0.25, 0.3) is 0 Å². The Morgan fingerprint density at radius 2 is 1.94 bits per heavy atom. The molecule has 0 unspecified atom stereocenters. The fourth-order valence-corrected chi connectivity index (χ4v) is 3.55. The van der Waals surface area contributed by atoms with E-state index in [1.54, 1.807) is 0 Å². The number of halogens is 2. The molecule has 1 aliphatic rings. The second-order valence-electron chi connectivity index (χ2n) is 4.10. The molecular weight excluding hydrogens is 350 g/mol. The van der Waals surface area contributed by atoms with Crippen LogP contribution in [0.2, 0.25) is 0 Å². The van der Waals surface area contributed by atoms with Crippen LogP contribution in [0.15, 0.2) is 27.1 Å². The monoisotopic (exact) mass is 361 g/mol. The standard InChI is InChI=1S/C12H13Br2NO2/c1-17-12(16)11-6-15-5-10(11)7-2-8(13)4-9(14)3-7/h2-4,10-11,15H,5-6H2,1H3/t10-,11+/m0/s1. The Balaban J connectivity index is 2.28. The van der Waals surface area contributed by atoms with Gasteiger partial charge in [0.1, 0.15) is 0 Å². The highest BCUT2D eigenvalue weighted by Gasteiger charge is 2.34. The second-order valence-corrected chi connectivity index (χ2v) is 5.93. The number of hydrogen-bond acceptors (Lipinski definition) is 3. The molecule has 0 amide bonds. The lowest BCUT2D eigenvalue weighted by Gasteiger charge is -2.17. The summed E-state index contributed by atoms with van der Waals surface area (Å²) in [5.41, 5.74) is 1.15. The number of hydrogen-bond donors (Lipinski definition) is 1. The summed E-state index contributed by atoms with van der Waals surface area (Å²) in [6.45, 7) is 1.49. The highest BCUT2D eigenvalue weighted by Crippen LogP contribution is 2.32. The molecule has 92 valence electrons. The Kier molecular flexibility index (Phi) is 4.22. The molecule has 1 aromatic carbocycles. The summed E-state index contributed by atoms with van der Waals surface area (Å²) in [7, 11) is 1.44. The molecule has 1 fully saturated rings. The zero-order valence-corrected chi connectivity index (χ0v) is 12.5. The molecule has 0 saturated carbocycles. The Morgan fingerprint density at radius 1 is 1.29 bits per heavy atom. The summed E-state index contributed by atoms with van der Waals surface area (Å²) in [4.78, 5) is 11.7. The van der Waals surface area contributed by atoms with Gasteiger partial charge in [-0.15, -0.1) is 0 Å². The van der Waals surface area contributed by atoms with Gasteiger partial charge in [-0.05, 0) is 23.8 Å². The van der Waals surface area contributed by atoms with Gasteiger partial charge in [0.15, 0.2) is 0 Å². The van der Waals surface area contributed by atoms with E-state index in [1.165, 1.54) is 7.11 Å². The first-order valence-corrected chi connectivity index (χ1v) is 6.95. The van der Waals surface area contributed by atoms with Gasteiger partial charge in [-0.2, -0.15) is 0 Å². The average molecular weight is 363 g/mol. The normalized spacial score (nSPS) is 23.7. The summed E-state index contributed by atoms with van der Waals surface area (Å²) in [6, 6.07) is 6.09. The third kappa shape index (κ3) is 2.89. The summed E-state index contributed by atoms with van der Waals surface area (Å²) in [5.74, 6) is -0.0615. The minimum atomic E-state index is -0.143. The van der Waals surface area contributed by atoms with E-state index in [4.69, 9.17) is 4.74 Å². The fraction of sp³-hybridized carbons (Fsp3) is 0.417. The van der Waals surface area contributed by atoms with Crippen LogP contribution in [0.4, 0.5) is 0 Å². The minimum Gasteiger partial charge on any atom is -0.469 e. The smallest absolute Gasteiger partial charge is 0.310 e. The third-order valence-corrected chi connectivity index (χ3v) is 3.95. The number of carbonyl (C=O) groups is 1. The summed E-state index contributed by atoms with van der Waals surface area (Å²) in [6.07, 6.45) is 0. The lowest BCUT2D eigenvalue weighted by Crippen LogP contribution is -2.22. The summed E-state index contributed by atoms with van der Waals surface area (Å²) >= 11 is 6.94. The van der Waals surface area contributed by atoms with Gasteiger partial charge in [-0.1, -0.05) is 31.9 Å². The van der Waals surface area contributed by atoms with Crippen LogP contribution in [0.3, 0.4) is 0 Å². The van der Waals surface area contributed by atoms with Gasteiger partial charge in [0.2, 0.25) is 0 Å². The molecule has 1 heterocycles. The molecule has 0 aliphatic carbocycles. The van der Waals surface area contributed by atoms with Crippen molar-refractivity contribution in [2.24, 2.45) is 5.92 Å². The third-order valence-electron chi connectivity index (χ3n) is 3.03. The van der Waals surface area contributed by atoms with E-state index in [0.29, 0.717) is 6.54 Å². The second kappa shape index (κ2) is 5.50. The number of benzene rings is 1. The number of ether oxygens (including phenoxy) is 1. The van der Waals surface area contributed by atoms with Gasteiger partial charge in [-0.25, -0.2) is 0 Å². The Labute approximate surface area is 117 Å². The Morgan fingerprint density at radius 3 is 2.53 bits per heavy atom. The van der Waals surface area contributed by atoms with E-state index in [-0.39, 0.29) is 17.8 Å². The van der Waals surface area contributed by atoms with E-state index >= 15 is 0 Å². The minimum absolute atomic E-state index is 0.0961. The summed E-state index contributed by atoms with van der Waals surface area (Å²) in [5, 5.41) is 3.24. The first-order valence-electron chi connectivity index (χ1n) is 5.36. The van der Waals surface area contributed by atoms with Crippen molar-refractivity contribution in [1.29, 1.82) is 0 Å². The van der Waals surface area contributed by atoms with E-state index in [2.05, 4.69) is 49.3 Å². The van der Waals surface area contributed by atoms with Crippen molar-refractivity contribution in [3.8, 4) is 0 Å². The highest BCUT2D eigenvalue weighted by atomic mass is 79.9. The molecule has 5 heteroatoms. The quantitative estimate of drug-likeness (QED) is 0.822. The van der Waals surface area contributed by atoms with Gasteiger partial charge in [0.05, 0.1) is 13.0 Å². The predicted octanol–water partition coefficient (Wildman–Crippen LogP) is 2.69. The Hall–Kier alpha value is -0.390. The maximum absolute atomic E-state index is 11.7. The number of nitrogens with one attached hydrogen (secondary N) is 1. The number of carbonyl (C=O) groups excluding carboxylic acids is 1. The van der Waals surface area contributed by atoms with Crippen LogP contribution >= 0.6 is 31.9 Å². The highest BCUT2D eigenvalue weighted by molar-refractivity contribution is 9.11. The van der Waals surface area contributed by atoms with Crippen LogP contribution in [0.5, 0.6) is 0 Å². The average Bonchev–Trinajstić information content (AvgIpc) is 2.75. The molecule has 17 heavy (non-hydrogen) atoms. The molecule has 1 N–H and O–H groups in total. The maximum Gasteiger partial charge on any atom is 0.310 e. The van der Waals surface area contributed by atoms with Crippen molar-refractivity contribution in [3.05, 3.63) is 32.7 Å². The number of esters is 1. The first-order chi connectivity index (χ1) is 8.11. The van der Waals surface area contributed by atoms with Crippen molar-refractivity contribution in [1.82, 2.24) is 5.32 Å². The molecule has 1 aliphatic heterocycles. The Bertz CT molecular complexity index is 416.